The molecule has 1 aromatic rings. The lowest BCUT2D eigenvalue weighted by atomic mass is 10.2. The summed E-state index contributed by atoms with van der Waals surface area (Å²) >= 11 is 0. The molecule has 21 heavy (non-hydrogen) atoms. The number of benzene rings is 1. The minimum Gasteiger partial charge on any atom is -0.396 e. The van der Waals surface area contributed by atoms with Crippen molar-refractivity contribution in [2.45, 2.75) is 11.8 Å². The Morgan fingerprint density at radius 3 is 2.43 bits per heavy atom. The molecule has 0 aliphatic carbocycles. The third-order valence-corrected chi connectivity index (χ3v) is 5.03. The van der Waals surface area contributed by atoms with Gasteiger partial charge >= 0.3 is 0 Å². The molecule has 0 spiro atoms. The van der Waals surface area contributed by atoms with Crippen molar-refractivity contribution < 1.29 is 13.2 Å². The Hall–Kier alpha value is -1.80. The van der Waals surface area contributed by atoms with Crippen LogP contribution in [0.5, 0.6) is 0 Å². The van der Waals surface area contributed by atoms with Crippen LogP contribution in [0.15, 0.2) is 23.1 Å². The molecule has 1 rings (SSSR count). The first kappa shape index (κ1) is 17.3. The molecule has 0 aliphatic heterocycles. The summed E-state index contributed by atoms with van der Waals surface area (Å²) in [6, 6.07) is 4.67. The van der Waals surface area contributed by atoms with E-state index >= 15 is 0 Å². The molecule has 0 aromatic heterocycles. The number of anilines is 2. The van der Waals surface area contributed by atoms with Crippen LogP contribution in [0, 0.1) is 0 Å². The number of para-hydroxylation sites is 1. The lowest BCUT2D eigenvalue weighted by molar-refractivity contribution is -0.127. The first-order valence-electron chi connectivity index (χ1n) is 6.50. The van der Waals surface area contributed by atoms with Gasteiger partial charge in [0.05, 0.1) is 17.9 Å². The largest absolute Gasteiger partial charge is 0.396 e. The number of nitrogens with two attached hydrogens (primary N) is 1. The van der Waals surface area contributed by atoms with Gasteiger partial charge < -0.3 is 16.0 Å². The second-order valence-corrected chi connectivity index (χ2v) is 6.89. The Morgan fingerprint density at radius 1 is 1.29 bits per heavy atom. The number of nitrogens with zero attached hydrogens (tertiary/aromatic N) is 2. The van der Waals surface area contributed by atoms with E-state index in [4.69, 9.17) is 5.73 Å². The molecule has 0 heterocycles. The van der Waals surface area contributed by atoms with Gasteiger partial charge in [0, 0.05) is 27.7 Å². The lowest BCUT2D eigenvalue weighted by Crippen LogP contribution is -2.32. The van der Waals surface area contributed by atoms with E-state index in [0.717, 1.165) is 4.31 Å². The number of nitrogen functional groups attached to an aromatic ring is 1. The molecule has 7 nitrogen and oxygen atoms in total. The highest BCUT2D eigenvalue weighted by atomic mass is 32.2. The van der Waals surface area contributed by atoms with Crippen LogP contribution >= 0.6 is 0 Å². The number of carbonyl (C=O) groups is 1. The van der Waals surface area contributed by atoms with Crippen LogP contribution in [0.25, 0.3) is 0 Å². The normalized spacial score (nSPS) is 11.5. The molecular weight excluding hydrogens is 292 g/mol. The van der Waals surface area contributed by atoms with Crippen molar-refractivity contribution in [3.05, 3.63) is 18.2 Å². The molecule has 3 N–H and O–H groups in total. The van der Waals surface area contributed by atoms with E-state index in [1.54, 1.807) is 24.1 Å². The van der Waals surface area contributed by atoms with Crippen molar-refractivity contribution >= 4 is 27.3 Å². The lowest BCUT2D eigenvalue weighted by Gasteiger charge is -2.18. The van der Waals surface area contributed by atoms with Crippen LogP contribution in [0.4, 0.5) is 11.4 Å². The van der Waals surface area contributed by atoms with Crippen LogP contribution in [0.3, 0.4) is 0 Å². The Balaban J connectivity index is 3.00. The first-order valence-corrected chi connectivity index (χ1v) is 7.94. The van der Waals surface area contributed by atoms with E-state index < -0.39 is 10.0 Å². The maximum atomic E-state index is 12.1. The van der Waals surface area contributed by atoms with Crippen LogP contribution < -0.4 is 11.1 Å². The van der Waals surface area contributed by atoms with Crippen molar-refractivity contribution in [3.63, 3.8) is 0 Å². The van der Waals surface area contributed by atoms with E-state index in [9.17, 15) is 13.2 Å². The predicted octanol–water partition coefficient (Wildman–Crippen LogP) is 0.409. The first-order chi connectivity index (χ1) is 9.71. The maximum Gasteiger partial charge on any atom is 0.244 e. The molecule has 0 bridgehead atoms. The topological polar surface area (TPSA) is 95.7 Å². The summed E-state index contributed by atoms with van der Waals surface area (Å²) in [6.07, 6.45) is 0. The number of likely N-dealkylation sites (N-methyl/N-ethyl adjacent to an activating group) is 1. The fourth-order valence-corrected chi connectivity index (χ4v) is 2.63. The average Bonchev–Trinajstić information content (AvgIpc) is 2.44. The number of rotatable bonds is 6. The second-order valence-electron chi connectivity index (χ2n) is 4.77. The van der Waals surface area contributed by atoms with Gasteiger partial charge in [-0.3, -0.25) is 4.79 Å². The Labute approximate surface area is 125 Å². The van der Waals surface area contributed by atoms with E-state index in [1.165, 1.54) is 20.2 Å². The molecule has 1 amide bonds. The minimum atomic E-state index is -3.62. The zero-order valence-corrected chi connectivity index (χ0v) is 13.6. The van der Waals surface area contributed by atoms with Crippen molar-refractivity contribution in [2.24, 2.45) is 0 Å². The van der Waals surface area contributed by atoms with Crippen molar-refractivity contribution in [3.8, 4) is 0 Å². The third kappa shape index (κ3) is 3.85. The Morgan fingerprint density at radius 2 is 1.90 bits per heavy atom. The highest BCUT2D eigenvalue weighted by molar-refractivity contribution is 7.89. The smallest absolute Gasteiger partial charge is 0.244 e. The SMILES string of the molecule is CCN(C)C(=O)CNc1cccc(S(=O)(=O)N(C)C)c1N. The van der Waals surface area contributed by atoms with Crippen LogP contribution in [0.1, 0.15) is 6.92 Å². The van der Waals surface area contributed by atoms with Gasteiger partial charge in [-0.05, 0) is 19.1 Å². The zero-order chi connectivity index (χ0) is 16.2. The molecule has 118 valence electrons. The summed E-state index contributed by atoms with van der Waals surface area (Å²) in [7, 11) is 0.956. The number of sulfonamides is 1. The van der Waals surface area contributed by atoms with Gasteiger partial charge in [-0.1, -0.05) is 6.07 Å². The predicted molar refractivity (Wildman–Crippen MR) is 83.5 cm³/mol. The highest BCUT2D eigenvalue weighted by Gasteiger charge is 2.21. The average molecular weight is 314 g/mol. The van der Waals surface area contributed by atoms with Crippen LogP contribution in [-0.2, 0) is 14.8 Å². The summed E-state index contributed by atoms with van der Waals surface area (Å²) < 4.78 is 25.4. The number of nitrogens with one attached hydrogen (secondary N) is 1. The van der Waals surface area contributed by atoms with Crippen LogP contribution in [0.2, 0.25) is 0 Å². The molecule has 0 saturated carbocycles. The molecule has 0 saturated heterocycles. The number of hydrogen-bond acceptors (Lipinski definition) is 5. The zero-order valence-electron chi connectivity index (χ0n) is 12.8. The van der Waals surface area contributed by atoms with Crippen molar-refractivity contribution in [1.82, 2.24) is 9.21 Å². The van der Waals surface area contributed by atoms with Gasteiger partial charge in [-0.15, -0.1) is 0 Å². The minimum absolute atomic E-state index is 0.0220. The van der Waals surface area contributed by atoms with Crippen LogP contribution in [-0.4, -0.2) is 57.8 Å². The Bertz CT molecular complexity index is 614. The van der Waals surface area contributed by atoms with Crippen molar-refractivity contribution in [2.75, 3.05) is 45.3 Å². The molecule has 0 unspecified atom stereocenters. The van der Waals surface area contributed by atoms with Crippen molar-refractivity contribution in [1.29, 1.82) is 0 Å². The monoisotopic (exact) mass is 314 g/mol. The van der Waals surface area contributed by atoms with Gasteiger partial charge in [-0.2, -0.15) is 0 Å². The van der Waals surface area contributed by atoms with Gasteiger partial charge in [0.15, 0.2) is 0 Å². The number of amides is 1. The molecular formula is C13H22N4O3S. The van der Waals surface area contributed by atoms with E-state index in [0.29, 0.717) is 12.2 Å². The standard InChI is InChI=1S/C13H22N4O3S/c1-5-17(4)12(18)9-15-10-7-6-8-11(13(10)14)21(19,20)16(2)3/h6-8,15H,5,9,14H2,1-4H3. The van der Waals surface area contributed by atoms with Gasteiger partial charge in [0.25, 0.3) is 0 Å². The molecule has 0 atom stereocenters. The number of carbonyl (C=O) groups excluding carboxylic acids is 1. The molecule has 0 aliphatic rings. The molecule has 1 aromatic carbocycles. The van der Waals surface area contributed by atoms with E-state index in [1.807, 2.05) is 6.92 Å². The summed E-state index contributed by atoms with van der Waals surface area (Å²) in [5, 5.41) is 2.88. The summed E-state index contributed by atoms with van der Waals surface area (Å²) in [5.41, 5.74) is 6.44. The molecule has 0 fully saturated rings. The van der Waals surface area contributed by atoms with Gasteiger partial charge in [0.1, 0.15) is 4.90 Å². The summed E-state index contributed by atoms with van der Waals surface area (Å²) in [6.45, 7) is 2.53. The summed E-state index contributed by atoms with van der Waals surface area (Å²) in [5.74, 6) is -0.0993. The van der Waals surface area contributed by atoms with Gasteiger partial charge in [0.2, 0.25) is 15.9 Å². The quantitative estimate of drug-likeness (QED) is 0.742. The third-order valence-electron chi connectivity index (χ3n) is 3.15. The second kappa shape index (κ2) is 6.77. The summed E-state index contributed by atoms with van der Waals surface area (Å²) in [4.78, 5) is 13.3. The van der Waals surface area contributed by atoms with Gasteiger partial charge in [-0.25, -0.2) is 12.7 Å². The molecule has 8 heteroatoms. The maximum absolute atomic E-state index is 12.1. The molecule has 0 radical (unpaired) electrons. The van der Waals surface area contributed by atoms with E-state index in [-0.39, 0.29) is 23.0 Å². The Kier molecular flexibility index (Phi) is 5.56. The fraction of sp³-hybridized carbons (Fsp3) is 0.462. The fourth-order valence-electron chi connectivity index (χ4n) is 1.60. The van der Waals surface area contributed by atoms with E-state index in [2.05, 4.69) is 5.32 Å². The highest BCUT2D eigenvalue weighted by Crippen LogP contribution is 2.27. The number of hydrogen-bond donors (Lipinski definition) is 2.